The summed E-state index contributed by atoms with van der Waals surface area (Å²) in [6.45, 7) is 4.86. The zero-order valence-electron chi connectivity index (χ0n) is 13.4. The fraction of sp³-hybridized carbons (Fsp3) is 0.733. The highest BCUT2D eigenvalue weighted by Gasteiger charge is 2.38. The first kappa shape index (κ1) is 19.1. The van der Waals surface area contributed by atoms with E-state index in [1.807, 2.05) is 0 Å². The van der Waals surface area contributed by atoms with Gasteiger partial charge in [0.2, 0.25) is 0 Å². The minimum Gasteiger partial charge on any atom is -0.475 e. The van der Waals surface area contributed by atoms with E-state index in [1.165, 1.54) is 31.4 Å². The summed E-state index contributed by atoms with van der Waals surface area (Å²) in [7, 11) is 0. The molecule has 1 unspecified atom stereocenters. The number of aryl methyl sites for hydroxylation is 1. The molecule has 1 aliphatic heterocycles. The Morgan fingerprint density at radius 3 is 2.54 bits per heavy atom. The van der Waals surface area contributed by atoms with Gasteiger partial charge in [0.15, 0.2) is 0 Å². The summed E-state index contributed by atoms with van der Waals surface area (Å²) < 4.78 is 37.4. The smallest absolute Gasteiger partial charge is 0.475 e. The van der Waals surface area contributed by atoms with Gasteiger partial charge in [-0.05, 0) is 19.8 Å². The minimum absolute atomic E-state index is 0.400. The molecule has 0 spiro atoms. The van der Waals surface area contributed by atoms with Crippen LogP contribution < -0.4 is 0 Å². The van der Waals surface area contributed by atoms with Crippen molar-refractivity contribution in [2.45, 2.75) is 50.9 Å². The summed E-state index contributed by atoms with van der Waals surface area (Å²) in [6, 6.07) is 1.17. The van der Waals surface area contributed by atoms with Crippen LogP contribution in [0.4, 0.5) is 13.2 Å². The number of carboxylic acids is 1. The van der Waals surface area contributed by atoms with E-state index in [2.05, 4.69) is 22.2 Å². The van der Waals surface area contributed by atoms with Gasteiger partial charge in [0, 0.05) is 18.0 Å². The number of aromatic nitrogens is 1. The Bertz CT molecular complexity index is 544. The van der Waals surface area contributed by atoms with Crippen LogP contribution in [-0.2, 0) is 9.53 Å². The lowest BCUT2D eigenvalue weighted by Gasteiger charge is -2.38. The average Bonchev–Trinajstić information content (AvgIpc) is 3.18. The van der Waals surface area contributed by atoms with Gasteiger partial charge >= 0.3 is 12.1 Å². The second-order valence-corrected chi connectivity index (χ2v) is 6.92. The molecular weight excluding hydrogens is 345 g/mol. The van der Waals surface area contributed by atoms with Gasteiger partial charge in [0.05, 0.1) is 30.0 Å². The molecule has 1 aromatic heterocycles. The molecule has 5 nitrogen and oxygen atoms in total. The van der Waals surface area contributed by atoms with Gasteiger partial charge in [-0.15, -0.1) is 11.3 Å². The van der Waals surface area contributed by atoms with Crippen LogP contribution >= 0.6 is 11.3 Å². The normalized spacial score (nSPS) is 22.9. The highest BCUT2D eigenvalue weighted by molar-refractivity contribution is 7.09. The van der Waals surface area contributed by atoms with Crippen LogP contribution in [0, 0.1) is 6.92 Å². The zero-order chi connectivity index (χ0) is 17.7. The fourth-order valence-electron chi connectivity index (χ4n) is 3.08. The first-order valence-electron chi connectivity index (χ1n) is 7.84. The van der Waals surface area contributed by atoms with Crippen LogP contribution in [0.25, 0.3) is 0 Å². The number of thiazole rings is 1. The van der Waals surface area contributed by atoms with Crippen LogP contribution in [0.2, 0.25) is 0 Å². The van der Waals surface area contributed by atoms with Crippen molar-refractivity contribution in [2.24, 2.45) is 0 Å². The number of hydrogen-bond donors (Lipinski definition) is 1. The number of alkyl halides is 3. The summed E-state index contributed by atoms with van der Waals surface area (Å²) in [5.74, 6) is -2.76. The molecule has 3 rings (SSSR count). The number of ether oxygens (including phenoxy) is 1. The minimum atomic E-state index is -5.08. The first-order valence-corrected chi connectivity index (χ1v) is 8.72. The van der Waals surface area contributed by atoms with Crippen molar-refractivity contribution < 1.29 is 27.8 Å². The second kappa shape index (κ2) is 8.26. The molecule has 0 bridgehead atoms. The Labute approximate surface area is 142 Å². The lowest BCUT2D eigenvalue weighted by atomic mass is 10.1. The van der Waals surface area contributed by atoms with Crippen molar-refractivity contribution in [2.75, 3.05) is 19.8 Å². The number of morpholine rings is 1. The summed E-state index contributed by atoms with van der Waals surface area (Å²) in [5.41, 5.74) is 1.22. The Hall–Kier alpha value is -1.19. The molecule has 2 fully saturated rings. The number of nitrogens with zero attached hydrogens (tertiary/aromatic N) is 2. The van der Waals surface area contributed by atoms with Gasteiger partial charge in [0.1, 0.15) is 0 Å². The molecule has 2 aliphatic rings. The van der Waals surface area contributed by atoms with Crippen LogP contribution in [-0.4, -0.2) is 52.9 Å². The van der Waals surface area contributed by atoms with E-state index in [0.29, 0.717) is 6.04 Å². The molecule has 1 aromatic rings. The largest absolute Gasteiger partial charge is 0.490 e. The predicted molar refractivity (Wildman–Crippen MR) is 83.1 cm³/mol. The van der Waals surface area contributed by atoms with Gasteiger partial charge in [-0.2, -0.15) is 13.2 Å². The van der Waals surface area contributed by atoms with Crippen LogP contribution in [0.1, 0.15) is 42.4 Å². The molecule has 2 heterocycles. The average molecular weight is 366 g/mol. The maximum Gasteiger partial charge on any atom is 0.490 e. The maximum atomic E-state index is 10.6. The van der Waals surface area contributed by atoms with Crippen molar-refractivity contribution in [3.63, 3.8) is 0 Å². The van der Waals surface area contributed by atoms with Gasteiger partial charge < -0.3 is 9.84 Å². The highest BCUT2D eigenvalue weighted by Crippen LogP contribution is 2.33. The number of aliphatic carboxylic acids is 1. The summed E-state index contributed by atoms with van der Waals surface area (Å²) in [6.07, 6.45) is 0.426. The quantitative estimate of drug-likeness (QED) is 0.869. The molecule has 0 aromatic carbocycles. The Balaban J connectivity index is 0.000000256. The third-order valence-corrected chi connectivity index (χ3v) is 4.98. The summed E-state index contributed by atoms with van der Waals surface area (Å²) in [5, 5.41) is 10.5. The lowest BCUT2D eigenvalue weighted by molar-refractivity contribution is -0.192. The number of carboxylic acid groups (broad SMARTS) is 1. The van der Waals surface area contributed by atoms with Crippen LogP contribution in [0.3, 0.4) is 0 Å². The van der Waals surface area contributed by atoms with Crippen molar-refractivity contribution in [3.8, 4) is 0 Å². The molecule has 136 valence electrons. The van der Waals surface area contributed by atoms with Crippen molar-refractivity contribution in [1.82, 2.24) is 9.88 Å². The molecule has 9 heteroatoms. The van der Waals surface area contributed by atoms with Crippen molar-refractivity contribution in [3.05, 3.63) is 16.1 Å². The Morgan fingerprint density at radius 1 is 1.42 bits per heavy atom. The van der Waals surface area contributed by atoms with E-state index >= 15 is 0 Å². The standard InChI is InChI=1S/C13H20N2OS.C2HF3O2/c1-10-14-12(9-17-10)13-8-16-7-6-15(13)11-4-2-3-5-11;3-2(4,5)1(6)7/h9,11,13H,2-8H2,1H3;(H,6,7). The number of hydrogen-bond acceptors (Lipinski definition) is 5. The molecule has 0 amide bonds. The lowest BCUT2D eigenvalue weighted by Crippen LogP contribution is -2.44. The summed E-state index contributed by atoms with van der Waals surface area (Å²) in [4.78, 5) is 16.2. The Kier molecular flexibility index (Phi) is 6.59. The van der Waals surface area contributed by atoms with E-state index in [-0.39, 0.29) is 0 Å². The van der Waals surface area contributed by atoms with E-state index in [9.17, 15) is 13.2 Å². The second-order valence-electron chi connectivity index (χ2n) is 5.86. The number of halogens is 3. The molecule has 1 N–H and O–H groups in total. The zero-order valence-corrected chi connectivity index (χ0v) is 14.2. The third-order valence-electron chi connectivity index (χ3n) is 4.18. The summed E-state index contributed by atoms with van der Waals surface area (Å²) >= 11 is 1.75. The first-order chi connectivity index (χ1) is 11.3. The topological polar surface area (TPSA) is 62.7 Å². The van der Waals surface area contributed by atoms with Gasteiger partial charge in [-0.3, -0.25) is 4.90 Å². The molecular formula is C15H21F3N2O3S. The molecule has 1 saturated carbocycles. The van der Waals surface area contributed by atoms with Gasteiger partial charge in [-0.1, -0.05) is 12.8 Å². The maximum absolute atomic E-state index is 10.6. The van der Waals surface area contributed by atoms with E-state index in [1.54, 1.807) is 11.3 Å². The van der Waals surface area contributed by atoms with Gasteiger partial charge in [0.25, 0.3) is 0 Å². The molecule has 24 heavy (non-hydrogen) atoms. The molecule has 1 atom stereocenters. The number of carbonyl (C=O) groups is 1. The molecule has 1 saturated heterocycles. The van der Waals surface area contributed by atoms with Gasteiger partial charge in [-0.25, -0.2) is 9.78 Å². The molecule has 0 radical (unpaired) electrons. The van der Waals surface area contributed by atoms with E-state index in [4.69, 9.17) is 14.6 Å². The van der Waals surface area contributed by atoms with E-state index in [0.717, 1.165) is 30.8 Å². The SMILES string of the molecule is Cc1nc(C2COCCN2C2CCCC2)cs1.O=C(O)C(F)(F)F. The highest BCUT2D eigenvalue weighted by atomic mass is 32.1. The fourth-order valence-corrected chi connectivity index (χ4v) is 3.74. The van der Waals surface area contributed by atoms with Crippen molar-refractivity contribution in [1.29, 1.82) is 0 Å². The molecule has 1 aliphatic carbocycles. The van der Waals surface area contributed by atoms with Crippen molar-refractivity contribution >= 4 is 17.3 Å². The van der Waals surface area contributed by atoms with Crippen LogP contribution in [0.5, 0.6) is 0 Å². The third kappa shape index (κ3) is 5.15. The van der Waals surface area contributed by atoms with Crippen LogP contribution in [0.15, 0.2) is 5.38 Å². The Morgan fingerprint density at radius 2 is 2.04 bits per heavy atom. The predicted octanol–water partition coefficient (Wildman–Crippen LogP) is 3.40. The monoisotopic (exact) mass is 366 g/mol. The van der Waals surface area contributed by atoms with E-state index < -0.39 is 12.1 Å². The number of rotatable bonds is 2.